The van der Waals surface area contributed by atoms with Gasteiger partial charge < -0.3 is 10.5 Å². The summed E-state index contributed by atoms with van der Waals surface area (Å²) >= 11 is 0. The fourth-order valence-corrected chi connectivity index (χ4v) is 0.767. The van der Waals surface area contributed by atoms with E-state index in [-0.39, 0.29) is 12.3 Å². The molecule has 0 heterocycles. The molecule has 0 aliphatic heterocycles. The largest absolute Gasteiger partial charge is 0.573 e. The molecule has 2 nitrogen and oxygen atoms in total. The van der Waals surface area contributed by atoms with Gasteiger partial charge in [0.1, 0.15) is 5.75 Å². The highest BCUT2D eigenvalue weighted by Crippen LogP contribution is 2.22. The molecule has 0 aromatic heterocycles. The topological polar surface area (TPSA) is 35.2 Å². The van der Waals surface area contributed by atoms with Crippen molar-refractivity contribution in [2.45, 2.75) is 12.9 Å². The van der Waals surface area contributed by atoms with Crippen LogP contribution in [0.15, 0.2) is 18.2 Å². The second-order valence-electron chi connectivity index (χ2n) is 2.30. The molecule has 1 radical (unpaired) electrons. The molecule has 2 N–H and O–H groups in total. The number of ether oxygens (including phenoxy) is 1. The van der Waals surface area contributed by atoms with Crippen LogP contribution >= 0.6 is 0 Å². The highest BCUT2D eigenvalue weighted by Gasteiger charge is 2.30. The quantitative estimate of drug-likeness (QED) is 0.772. The van der Waals surface area contributed by atoms with E-state index in [0.717, 1.165) is 6.07 Å². The van der Waals surface area contributed by atoms with E-state index < -0.39 is 6.36 Å². The molecule has 0 fully saturated rings. The van der Waals surface area contributed by atoms with Gasteiger partial charge in [0.25, 0.3) is 0 Å². The zero-order chi connectivity index (χ0) is 9.90. The molecule has 0 unspecified atom stereocenters. The van der Waals surface area contributed by atoms with Crippen molar-refractivity contribution < 1.29 is 17.9 Å². The number of halogens is 3. The first-order chi connectivity index (χ1) is 6.01. The molecule has 1 aromatic carbocycles. The Morgan fingerprint density at radius 1 is 1.38 bits per heavy atom. The Bertz CT molecular complexity index is 268. The third-order valence-corrected chi connectivity index (χ3v) is 1.30. The van der Waals surface area contributed by atoms with Crippen LogP contribution in [-0.2, 0) is 6.54 Å². The summed E-state index contributed by atoms with van der Waals surface area (Å²) in [5.74, 6) is -0.287. The number of alkyl halides is 3. The zero-order valence-electron chi connectivity index (χ0n) is 6.56. The number of hydrogen-bond donors (Lipinski definition) is 1. The molecule has 0 saturated heterocycles. The smallest absolute Gasteiger partial charge is 0.406 e. The van der Waals surface area contributed by atoms with E-state index in [2.05, 4.69) is 10.8 Å². The van der Waals surface area contributed by atoms with E-state index in [9.17, 15) is 13.2 Å². The van der Waals surface area contributed by atoms with Crippen LogP contribution in [0.4, 0.5) is 13.2 Å². The Balaban J connectivity index is 2.70. The van der Waals surface area contributed by atoms with Crippen LogP contribution in [-0.4, -0.2) is 6.36 Å². The maximum absolute atomic E-state index is 11.7. The van der Waals surface area contributed by atoms with Crippen LogP contribution in [0, 0.1) is 6.07 Å². The molecule has 0 aliphatic carbocycles. The molecule has 71 valence electrons. The second-order valence-corrected chi connectivity index (χ2v) is 2.30. The zero-order valence-corrected chi connectivity index (χ0v) is 6.56. The first-order valence-corrected chi connectivity index (χ1v) is 3.48. The molecule has 1 aromatic rings. The van der Waals surface area contributed by atoms with Gasteiger partial charge in [0.05, 0.1) is 0 Å². The van der Waals surface area contributed by atoms with Crippen LogP contribution in [0.1, 0.15) is 5.56 Å². The molecule has 5 heteroatoms. The fraction of sp³-hybridized carbons (Fsp3) is 0.250. The molecule has 0 spiro atoms. The van der Waals surface area contributed by atoms with Crippen molar-refractivity contribution in [2.75, 3.05) is 0 Å². The monoisotopic (exact) mass is 190 g/mol. The van der Waals surface area contributed by atoms with Crippen LogP contribution in [0.2, 0.25) is 0 Å². The number of rotatable bonds is 2. The molecule has 13 heavy (non-hydrogen) atoms. The number of hydrogen-bond acceptors (Lipinski definition) is 2. The van der Waals surface area contributed by atoms with Crippen molar-refractivity contribution in [3.05, 3.63) is 29.8 Å². The maximum atomic E-state index is 11.7. The van der Waals surface area contributed by atoms with Crippen molar-refractivity contribution in [2.24, 2.45) is 5.73 Å². The van der Waals surface area contributed by atoms with Crippen molar-refractivity contribution >= 4 is 0 Å². The summed E-state index contributed by atoms with van der Waals surface area (Å²) in [5, 5.41) is 0. The molecule has 0 atom stereocenters. The van der Waals surface area contributed by atoms with Gasteiger partial charge in [-0.25, -0.2) is 0 Å². The lowest BCUT2D eigenvalue weighted by atomic mass is 10.2. The summed E-state index contributed by atoms with van der Waals surface area (Å²) in [6.07, 6.45) is -4.65. The molecule has 0 bridgehead atoms. The van der Waals surface area contributed by atoms with Gasteiger partial charge in [-0.2, -0.15) is 0 Å². The van der Waals surface area contributed by atoms with E-state index in [1.807, 2.05) is 0 Å². The lowest BCUT2D eigenvalue weighted by Gasteiger charge is -2.08. The van der Waals surface area contributed by atoms with E-state index in [1.54, 1.807) is 0 Å². The van der Waals surface area contributed by atoms with Crippen molar-refractivity contribution in [3.63, 3.8) is 0 Å². The number of nitrogens with two attached hydrogens (primary N) is 1. The minimum absolute atomic E-state index is 0.242. The summed E-state index contributed by atoms with van der Waals surface area (Å²) in [6.45, 7) is 0.242. The number of benzene rings is 1. The Hall–Kier alpha value is -1.23. The highest BCUT2D eigenvalue weighted by molar-refractivity contribution is 5.26. The third kappa shape index (κ3) is 3.33. The first kappa shape index (κ1) is 9.85. The van der Waals surface area contributed by atoms with E-state index >= 15 is 0 Å². The molecule has 1 rings (SSSR count). The van der Waals surface area contributed by atoms with Crippen LogP contribution < -0.4 is 10.5 Å². The Morgan fingerprint density at radius 2 is 2.08 bits per heavy atom. The lowest BCUT2D eigenvalue weighted by Crippen LogP contribution is -2.17. The minimum atomic E-state index is -4.65. The predicted octanol–water partition coefficient (Wildman–Crippen LogP) is 1.84. The van der Waals surface area contributed by atoms with Crippen LogP contribution in [0.25, 0.3) is 0 Å². The van der Waals surface area contributed by atoms with Gasteiger partial charge in [-0.15, -0.1) is 13.2 Å². The Labute approximate surface area is 73.1 Å². The predicted molar refractivity (Wildman–Crippen MR) is 39.9 cm³/mol. The normalized spacial score (nSPS) is 11.4. The standard InChI is InChI=1S/C8H7F3NO/c9-8(10,11)13-7-3-1-6(5-12)2-4-7/h1,3-4H,5,12H2. The van der Waals surface area contributed by atoms with E-state index in [1.165, 1.54) is 12.1 Å². The molecular formula is C8H7F3NO. The van der Waals surface area contributed by atoms with Gasteiger partial charge in [0.2, 0.25) is 0 Å². The highest BCUT2D eigenvalue weighted by atomic mass is 19.4. The minimum Gasteiger partial charge on any atom is -0.406 e. The van der Waals surface area contributed by atoms with E-state index in [4.69, 9.17) is 5.73 Å². The van der Waals surface area contributed by atoms with E-state index in [0.29, 0.717) is 5.56 Å². The fourth-order valence-electron chi connectivity index (χ4n) is 0.767. The lowest BCUT2D eigenvalue weighted by molar-refractivity contribution is -0.274. The summed E-state index contributed by atoms with van der Waals surface area (Å²) < 4.78 is 38.6. The second kappa shape index (κ2) is 3.66. The van der Waals surface area contributed by atoms with Crippen LogP contribution in [0.3, 0.4) is 0 Å². The van der Waals surface area contributed by atoms with Gasteiger partial charge in [0.15, 0.2) is 0 Å². The van der Waals surface area contributed by atoms with Gasteiger partial charge in [-0.3, -0.25) is 0 Å². The summed E-state index contributed by atoms with van der Waals surface area (Å²) in [7, 11) is 0. The van der Waals surface area contributed by atoms with Gasteiger partial charge in [0, 0.05) is 6.54 Å². The average Bonchev–Trinajstić information content (AvgIpc) is 2.03. The van der Waals surface area contributed by atoms with Crippen molar-refractivity contribution in [3.8, 4) is 5.75 Å². The summed E-state index contributed by atoms with van der Waals surface area (Å²) in [4.78, 5) is 0. The summed E-state index contributed by atoms with van der Waals surface area (Å²) in [6, 6.07) is 6.30. The van der Waals surface area contributed by atoms with Gasteiger partial charge >= 0.3 is 6.36 Å². The molecule has 0 saturated carbocycles. The van der Waals surface area contributed by atoms with Crippen molar-refractivity contribution in [1.82, 2.24) is 0 Å². The summed E-state index contributed by atoms with van der Waals surface area (Å²) in [5.41, 5.74) is 5.87. The third-order valence-electron chi connectivity index (χ3n) is 1.30. The molecular weight excluding hydrogens is 183 g/mol. The van der Waals surface area contributed by atoms with Crippen molar-refractivity contribution in [1.29, 1.82) is 0 Å². The molecule has 0 aliphatic rings. The Morgan fingerprint density at radius 3 is 2.46 bits per heavy atom. The maximum Gasteiger partial charge on any atom is 0.573 e. The Kier molecular flexibility index (Phi) is 2.77. The average molecular weight is 190 g/mol. The van der Waals surface area contributed by atoms with Gasteiger partial charge in [-0.05, 0) is 23.8 Å². The molecule has 0 amide bonds. The SMILES string of the molecule is NCc1[c]cc(OC(F)(F)F)cc1. The van der Waals surface area contributed by atoms with Gasteiger partial charge in [-0.1, -0.05) is 6.07 Å². The van der Waals surface area contributed by atoms with Crippen LogP contribution in [0.5, 0.6) is 5.75 Å². The first-order valence-electron chi connectivity index (χ1n) is 3.48.